The van der Waals surface area contributed by atoms with Crippen molar-refractivity contribution in [2.24, 2.45) is 0 Å². The van der Waals surface area contributed by atoms with Gasteiger partial charge in [0.25, 0.3) is 0 Å². The second kappa shape index (κ2) is 3.99. The van der Waals surface area contributed by atoms with Crippen molar-refractivity contribution >= 4 is 11.8 Å². The molecular weight excluding hydrogens is 161 g/mol. The van der Waals surface area contributed by atoms with E-state index in [2.05, 4.69) is 0 Å². The zero-order chi connectivity index (χ0) is 8.10. The van der Waals surface area contributed by atoms with Crippen LogP contribution in [0.25, 0.3) is 0 Å². The molecular formula is C8H6FNS. The van der Waals surface area contributed by atoms with Crippen molar-refractivity contribution in [2.75, 3.05) is 0 Å². The third-order valence-corrected chi connectivity index (χ3v) is 1.94. The van der Waals surface area contributed by atoms with Gasteiger partial charge >= 0.3 is 0 Å². The molecule has 0 bridgehead atoms. The van der Waals surface area contributed by atoms with Gasteiger partial charge in [-0.3, -0.25) is 0 Å². The third-order valence-electron chi connectivity index (χ3n) is 1.08. The molecule has 11 heavy (non-hydrogen) atoms. The monoisotopic (exact) mass is 167 g/mol. The van der Waals surface area contributed by atoms with Crippen molar-refractivity contribution in [2.45, 2.75) is 10.4 Å². The first-order chi connectivity index (χ1) is 5.33. The number of hydrogen-bond acceptors (Lipinski definition) is 2. The lowest BCUT2D eigenvalue weighted by atomic mass is 10.4. The Labute approximate surface area is 68.8 Å². The van der Waals surface area contributed by atoms with Crippen LogP contribution in [0.1, 0.15) is 0 Å². The molecule has 0 amide bonds. The van der Waals surface area contributed by atoms with E-state index in [1.807, 2.05) is 18.2 Å². The summed E-state index contributed by atoms with van der Waals surface area (Å²) in [5.41, 5.74) is -1.46. The van der Waals surface area contributed by atoms with Gasteiger partial charge in [0.2, 0.25) is 5.50 Å². The summed E-state index contributed by atoms with van der Waals surface area (Å²) in [4.78, 5) is 0.779. The maximum Gasteiger partial charge on any atom is 0.236 e. The fourth-order valence-corrected chi connectivity index (χ4v) is 1.25. The number of nitrogens with zero attached hydrogens (tertiary/aromatic N) is 1. The normalized spacial score (nSPS) is 12.0. The van der Waals surface area contributed by atoms with E-state index in [1.54, 1.807) is 12.1 Å². The number of rotatable bonds is 2. The van der Waals surface area contributed by atoms with Gasteiger partial charge in [0.1, 0.15) is 6.07 Å². The Hall–Kier alpha value is -1.01. The standard InChI is InChI=1S/C8H6FNS/c9-8(6-10)11-7-4-2-1-3-5-7/h1-5,8H/t8-/m0/s1. The van der Waals surface area contributed by atoms with Crippen molar-refractivity contribution in [1.29, 1.82) is 5.26 Å². The number of hydrogen-bond donors (Lipinski definition) is 0. The van der Waals surface area contributed by atoms with Crippen molar-refractivity contribution < 1.29 is 4.39 Å². The van der Waals surface area contributed by atoms with Gasteiger partial charge in [-0.15, -0.1) is 0 Å². The SMILES string of the molecule is N#C[C@@H](F)Sc1ccccc1. The molecule has 0 aliphatic rings. The predicted molar refractivity (Wildman–Crippen MR) is 42.8 cm³/mol. The minimum atomic E-state index is -1.46. The number of thioether (sulfide) groups is 1. The maximum atomic E-state index is 12.4. The number of alkyl halides is 1. The van der Waals surface area contributed by atoms with Crippen LogP contribution in [-0.2, 0) is 0 Å². The Morgan fingerprint density at radius 1 is 1.36 bits per heavy atom. The van der Waals surface area contributed by atoms with E-state index in [0.717, 1.165) is 16.7 Å². The van der Waals surface area contributed by atoms with Crippen molar-refractivity contribution in [1.82, 2.24) is 0 Å². The minimum Gasteiger partial charge on any atom is -0.218 e. The van der Waals surface area contributed by atoms with E-state index < -0.39 is 5.50 Å². The molecule has 0 aromatic heterocycles. The Balaban J connectivity index is 2.60. The molecule has 1 aromatic carbocycles. The van der Waals surface area contributed by atoms with Crippen LogP contribution in [0.2, 0.25) is 0 Å². The highest BCUT2D eigenvalue weighted by atomic mass is 32.2. The topological polar surface area (TPSA) is 23.8 Å². The highest BCUT2D eigenvalue weighted by Crippen LogP contribution is 2.22. The maximum absolute atomic E-state index is 12.4. The molecule has 0 aliphatic carbocycles. The molecule has 0 unspecified atom stereocenters. The van der Waals surface area contributed by atoms with Crippen LogP contribution in [0.5, 0.6) is 0 Å². The molecule has 3 heteroatoms. The van der Waals surface area contributed by atoms with Crippen LogP contribution >= 0.6 is 11.8 Å². The summed E-state index contributed by atoms with van der Waals surface area (Å²) < 4.78 is 12.4. The highest BCUT2D eigenvalue weighted by Gasteiger charge is 2.04. The Morgan fingerprint density at radius 3 is 2.55 bits per heavy atom. The van der Waals surface area contributed by atoms with Gasteiger partial charge in [-0.25, -0.2) is 4.39 Å². The predicted octanol–water partition coefficient (Wildman–Crippen LogP) is 2.60. The van der Waals surface area contributed by atoms with Crippen LogP contribution in [0.15, 0.2) is 35.2 Å². The summed E-state index contributed by atoms with van der Waals surface area (Å²) in [6.45, 7) is 0. The second-order valence-corrected chi connectivity index (χ2v) is 3.00. The van der Waals surface area contributed by atoms with Crippen LogP contribution in [0.4, 0.5) is 4.39 Å². The van der Waals surface area contributed by atoms with E-state index in [4.69, 9.17) is 5.26 Å². The van der Waals surface area contributed by atoms with Crippen molar-refractivity contribution in [3.8, 4) is 6.07 Å². The first-order valence-electron chi connectivity index (χ1n) is 3.08. The molecule has 0 heterocycles. The molecule has 1 atom stereocenters. The van der Waals surface area contributed by atoms with Crippen LogP contribution < -0.4 is 0 Å². The largest absolute Gasteiger partial charge is 0.236 e. The summed E-state index contributed by atoms with van der Waals surface area (Å²) in [7, 11) is 0. The Kier molecular flexibility index (Phi) is 2.94. The summed E-state index contributed by atoms with van der Waals surface area (Å²) in [5, 5.41) is 8.15. The molecule has 0 radical (unpaired) electrons. The third kappa shape index (κ3) is 2.60. The Morgan fingerprint density at radius 2 is 2.00 bits per heavy atom. The Bertz CT molecular complexity index is 255. The molecule has 0 saturated carbocycles. The van der Waals surface area contributed by atoms with Crippen LogP contribution in [0, 0.1) is 11.3 Å². The molecule has 56 valence electrons. The lowest BCUT2D eigenvalue weighted by molar-refractivity contribution is 0.528. The van der Waals surface area contributed by atoms with Gasteiger partial charge in [-0.1, -0.05) is 30.0 Å². The molecule has 0 fully saturated rings. The fourth-order valence-electron chi connectivity index (χ4n) is 0.645. The van der Waals surface area contributed by atoms with Crippen molar-refractivity contribution in [3.63, 3.8) is 0 Å². The van der Waals surface area contributed by atoms with Gasteiger partial charge in [0, 0.05) is 4.90 Å². The molecule has 0 N–H and O–H groups in total. The van der Waals surface area contributed by atoms with Gasteiger partial charge in [-0.05, 0) is 12.1 Å². The average Bonchev–Trinajstić information content (AvgIpc) is 2.06. The van der Waals surface area contributed by atoms with Crippen LogP contribution in [0.3, 0.4) is 0 Å². The summed E-state index contributed by atoms with van der Waals surface area (Å²) >= 11 is 0.916. The summed E-state index contributed by atoms with van der Waals surface area (Å²) in [5.74, 6) is 0. The molecule has 0 aliphatic heterocycles. The number of halogens is 1. The minimum absolute atomic E-state index is 0.779. The van der Waals surface area contributed by atoms with Gasteiger partial charge < -0.3 is 0 Å². The zero-order valence-electron chi connectivity index (χ0n) is 5.70. The zero-order valence-corrected chi connectivity index (χ0v) is 6.51. The molecule has 1 aromatic rings. The van der Waals surface area contributed by atoms with Crippen LogP contribution in [-0.4, -0.2) is 5.50 Å². The van der Waals surface area contributed by atoms with Gasteiger partial charge in [0.05, 0.1) is 0 Å². The number of nitriles is 1. The number of benzene rings is 1. The van der Waals surface area contributed by atoms with E-state index in [1.165, 1.54) is 6.07 Å². The lowest BCUT2D eigenvalue weighted by Gasteiger charge is -1.97. The average molecular weight is 167 g/mol. The fraction of sp³-hybridized carbons (Fsp3) is 0.125. The smallest absolute Gasteiger partial charge is 0.218 e. The highest BCUT2D eigenvalue weighted by molar-refractivity contribution is 8.00. The molecule has 0 saturated heterocycles. The summed E-state index contributed by atoms with van der Waals surface area (Å²) in [6.07, 6.45) is 0. The second-order valence-electron chi connectivity index (χ2n) is 1.88. The summed E-state index contributed by atoms with van der Waals surface area (Å²) in [6, 6.07) is 10.5. The first-order valence-corrected chi connectivity index (χ1v) is 3.96. The van der Waals surface area contributed by atoms with Gasteiger partial charge in [0.15, 0.2) is 0 Å². The quantitative estimate of drug-likeness (QED) is 0.632. The first kappa shape index (κ1) is 8.09. The van der Waals surface area contributed by atoms with E-state index in [-0.39, 0.29) is 0 Å². The van der Waals surface area contributed by atoms with Crippen molar-refractivity contribution in [3.05, 3.63) is 30.3 Å². The molecule has 1 rings (SSSR count). The lowest BCUT2D eigenvalue weighted by Crippen LogP contribution is -1.85. The van der Waals surface area contributed by atoms with E-state index >= 15 is 0 Å². The van der Waals surface area contributed by atoms with Gasteiger partial charge in [-0.2, -0.15) is 5.26 Å². The molecule has 0 spiro atoms. The molecule has 1 nitrogen and oxygen atoms in total. The van der Waals surface area contributed by atoms with E-state index in [0.29, 0.717) is 0 Å². The van der Waals surface area contributed by atoms with E-state index in [9.17, 15) is 4.39 Å².